The van der Waals surface area contributed by atoms with E-state index < -0.39 is 17.5 Å². The number of ether oxygens (including phenoxy) is 1. The Morgan fingerprint density at radius 1 is 0.897 bits per heavy atom. The molecule has 0 aliphatic carbocycles. The summed E-state index contributed by atoms with van der Waals surface area (Å²) in [7, 11) is 0. The van der Waals surface area contributed by atoms with Crippen LogP contribution in [0.3, 0.4) is 0 Å². The molecule has 0 aliphatic heterocycles. The largest absolute Gasteiger partial charge is 0.486 e. The maximum atomic E-state index is 14.8. The topological polar surface area (TPSA) is 9.23 Å². The summed E-state index contributed by atoms with van der Waals surface area (Å²) >= 11 is 0. The maximum absolute atomic E-state index is 14.8. The molecule has 3 rings (SSSR count). The number of fused-ring (bicyclic) bond motifs is 1. The third-order valence-electron chi connectivity index (χ3n) is 4.99. The first-order chi connectivity index (χ1) is 14.1. The van der Waals surface area contributed by atoms with Crippen LogP contribution in [-0.4, -0.2) is 6.61 Å². The fourth-order valence-electron chi connectivity index (χ4n) is 3.35. The zero-order valence-electron chi connectivity index (χ0n) is 16.8. The van der Waals surface area contributed by atoms with Gasteiger partial charge in [0.2, 0.25) is 0 Å². The average Bonchev–Trinajstić information content (AvgIpc) is 2.73. The van der Waals surface area contributed by atoms with Crippen LogP contribution in [0.2, 0.25) is 0 Å². The van der Waals surface area contributed by atoms with E-state index in [4.69, 9.17) is 4.74 Å². The normalized spacial score (nSPS) is 11.5. The Bertz CT molecular complexity index is 1010. The Hall–Kier alpha value is -2.75. The molecule has 0 aliphatic rings. The molecule has 29 heavy (non-hydrogen) atoms. The summed E-state index contributed by atoms with van der Waals surface area (Å²) in [5, 5.41) is -0.0952. The molecule has 0 spiro atoms. The van der Waals surface area contributed by atoms with Crippen molar-refractivity contribution in [2.45, 2.75) is 39.5 Å². The van der Waals surface area contributed by atoms with Crippen molar-refractivity contribution in [1.82, 2.24) is 0 Å². The standard InChI is InChI=1S/C25H25F3O/c1-3-5-7-8-17-9-11-18(12-10-17)20-16-19-13-14-21(29-15-6-4-2)24(27)22(19)25(28)23(20)26/h4,6,9-14,16H,3,5,7-8,15H2,1-2H3. The number of aryl methyl sites for hydroxylation is 1. The highest BCUT2D eigenvalue weighted by Gasteiger charge is 2.20. The van der Waals surface area contributed by atoms with E-state index in [9.17, 15) is 13.2 Å². The summed E-state index contributed by atoms with van der Waals surface area (Å²) in [6, 6.07) is 11.9. The van der Waals surface area contributed by atoms with Gasteiger partial charge in [-0.05, 0) is 48.4 Å². The van der Waals surface area contributed by atoms with Crippen LogP contribution < -0.4 is 4.74 Å². The monoisotopic (exact) mass is 398 g/mol. The molecule has 0 aromatic heterocycles. The fourth-order valence-corrected chi connectivity index (χ4v) is 3.35. The highest BCUT2D eigenvalue weighted by atomic mass is 19.2. The number of hydrogen-bond donors (Lipinski definition) is 0. The van der Waals surface area contributed by atoms with E-state index in [1.54, 1.807) is 30.4 Å². The van der Waals surface area contributed by atoms with Gasteiger partial charge in [0.15, 0.2) is 23.2 Å². The van der Waals surface area contributed by atoms with Crippen molar-refractivity contribution < 1.29 is 17.9 Å². The molecule has 0 N–H and O–H groups in total. The summed E-state index contributed by atoms with van der Waals surface area (Å²) in [5.41, 5.74) is 1.85. The van der Waals surface area contributed by atoms with Crippen LogP contribution >= 0.6 is 0 Å². The third kappa shape index (κ3) is 4.64. The van der Waals surface area contributed by atoms with Gasteiger partial charge in [0.25, 0.3) is 0 Å². The molecule has 0 bridgehead atoms. The van der Waals surface area contributed by atoms with Crippen molar-refractivity contribution in [3.8, 4) is 16.9 Å². The Morgan fingerprint density at radius 2 is 1.66 bits per heavy atom. The molecule has 3 aromatic carbocycles. The van der Waals surface area contributed by atoms with Crippen LogP contribution in [0, 0.1) is 17.5 Å². The summed E-state index contributed by atoms with van der Waals surface area (Å²) in [4.78, 5) is 0. The van der Waals surface area contributed by atoms with Crippen molar-refractivity contribution in [3.63, 3.8) is 0 Å². The number of unbranched alkanes of at least 4 members (excludes halogenated alkanes) is 2. The second-order valence-electron chi connectivity index (χ2n) is 7.06. The summed E-state index contributed by atoms with van der Waals surface area (Å²) < 4.78 is 49.6. The SMILES string of the molecule is CC=CCOc1ccc2cc(-c3ccc(CCCCC)cc3)c(F)c(F)c2c1F. The zero-order chi connectivity index (χ0) is 20.8. The van der Waals surface area contributed by atoms with Gasteiger partial charge in [0, 0.05) is 5.56 Å². The van der Waals surface area contributed by atoms with Crippen LogP contribution in [-0.2, 0) is 6.42 Å². The molecule has 0 amide bonds. The number of benzene rings is 3. The minimum atomic E-state index is -1.20. The fraction of sp³-hybridized carbons (Fsp3) is 0.280. The highest BCUT2D eigenvalue weighted by molar-refractivity contribution is 5.90. The van der Waals surface area contributed by atoms with Crippen LogP contribution in [0.1, 0.15) is 38.7 Å². The van der Waals surface area contributed by atoms with Crippen LogP contribution in [0.4, 0.5) is 13.2 Å². The smallest absolute Gasteiger partial charge is 0.175 e. The Balaban J connectivity index is 1.96. The Kier molecular flexibility index (Phi) is 6.97. The van der Waals surface area contributed by atoms with Crippen molar-refractivity contribution in [3.05, 3.63) is 77.6 Å². The van der Waals surface area contributed by atoms with E-state index in [2.05, 4.69) is 6.92 Å². The van der Waals surface area contributed by atoms with Gasteiger partial charge in [-0.2, -0.15) is 0 Å². The van der Waals surface area contributed by atoms with Crippen molar-refractivity contribution >= 4 is 10.8 Å². The van der Waals surface area contributed by atoms with Gasteiger partial charge in [-0.1, -0.05) is 62.2 Å². The van der Waals surface area contributed by atoms with Gasteiger partial charge < -0.3 is 4.74 Å². The molecule has 0 heterocycles. The van der Waals surface area contributed by atoms with E-state index in [1.165, 1.54) is 12.1 Å². The summed E-state index contributed by atoms with van der Waals surface area (Å²) in [5.74, 6) is -3.24. The van der Waals surface area contributed by atoms with Gasteiger partial charge in [0.1, 0.15) is 6.61 Å². The minimum absolute atomic E-state index is 0.0990. The number of rotatable bonds is 8. The maximum Gasteiger partial charge on any atom is 0.175 e. The van der Waals surface area contributed by atoms with Gasteiger partial charge in [0.05, 0.1) is 5.39 Å². The Labute approximate surface area is 169 Å². The predicted molar refractivity (Wildman–Crippen MR) is 113 cm³/mol. The lowest BCUT2D eigenvalue weighted by Crippen LogP contribution is -2.00. The van der Waals surface area contributed by atoms with Crippen LogP contribution in [0.15, 0.2) is 54.6 Å². The van der Waals surface area contributed by atoms with Gasteiger partial charge in [-0.25, -0.2) is 13.2 Å². The van der Waals surface area contributed by atoms with E-state index in [-0.39, 0.29) is 23.3 Å². The van der Waals surface area contributed by atoms with Gasteiger partial charge in [-0.15, -0.1) is 0 Å². The van der Waals surface area contributed by atoms with Crippen molar-refractivity contribution in [1.29, 1.82) is 0 Å². The molecular formula is C25H25F3O. The molecule has 1 nitrogen and oxygen atoms in total. The molecule has 4 heteroatoms. The molecule has 152 valence electrons. The van der Waals surface area contributed by atoms with E-state index in [1.807, 2.05) is 19.1 Å². The second-order valence-corrected chi connectivity index (χ2v) is 7.06. The third-order valence-corrected chi connectivity index (χ3v) is 4.99. The zero-order valence-corrected chi connectivity index (χ0v) is 16.8. The van der Waals surface area contributed by atoms with E-state index in [0.29, 0.717) is 10.9 Å². The molecule has 0 radical (unpaired) electrons. The molecule has 0 saturated heterocycles. The van der Waals surface area contributed by atoms with Crippen molar-refractivity contribution in [2.75, 3.05) is 6.61 Å². The molecule has 0 fully saturated rings. The first-order valence-electron chi connectivity index (χ1n) is 10.00. The molecule has 0 unspecified atom stereocenters. The van der Waals surface area contributed by atoms with Gasteiger partial charge >= 0.3 is 0 Å². The van der Waals surface area contributed by atoms with Gasteiger partial charge in [-0.3, -0.25) is 0 Å². The second kappa shape index (κ2) is 9.64. The minimum Gasteiger partial charge on any atom is -0.486 e. The molecule has 0 atom stereocenters. The van der Waals surface area contributed by atoms with E-state index >= 15 is 0 Å². The number of allylic oxidation sites excluding steroid dienone is 1. The molecular weight excluding hydrogens is 373 g/mol. The molecule has 0 saturated carbocycles. The van der Waals surface area contributed by atoms with Crippen LogP contribution in [0.5, 0.6) is 5.75 Å². The first kappa shape index (κ1) is 21.0. The quantitative estimate of drug-likeness (QED) is 0.280. The number of hydrogen-bond acceptors (Lipinski definition) is 1. The average molecular weight is 398 g/mol. The Morgan fingerprint density at radius 3 is 2.34 bits per heavy atom. The summed E-state index contributed by atoms with van der Waals surface area (Å²) in [6.07, 6.45) is 7.85. The lowest BCUT2D eigenvalue weighted by molar-refractivity contribution is 0.342. The van der Waals surface area contributed by atoms with Crippen LogP contribution in [0.25, 0.3) is 21.9 Å². The number of halogens is 3. The van der Waals surface area contributed by atoms with Crippen molar-refractivity contribution in [2.24, 2.45) is 0 Å². The molecule has 3 aromatic rings. The highest BCUT2D eigenvalue weighted by Crippen LogP contribution is 2.35. The van der Waals surface area contributed by atoms with E-state index in [0.717, 1.165) is 31.2 Å². The first-order valence-corrected chi connectivity index (χ1v) is 10.00. The predicted octanol–water partition coefficient (Wildman–Crippen LogP) is 7.61. The summed E-state index contributed by atoms with van der Waals surface area (Å²) in [6.45, 7) is 4.13. The lowest BCUT2D eigenvalue weighted by Gasteiger charge is -2.12. The lowest BCUT2D eigenvalue weighted by atomic mass is 9.97.